The van der Waals surface area contributed by atoms with E-state index in [1.807, 2.05) is 30.3 Å². The highest BCUT2D eigenvalue weighted by Gasteiger charge is 2.71. The molecule has 0 amide bonds. The summed E-state index contributed by atoms with van der Waals surface area (Å²) in [5.41, 5.74) is 7.40. The zero-order valence-electron chi connectivity index (χ0n) is 31.1. The van der Waals surface area contributed by atoms with Gasteiger partial charge in [-0.15, -0.1) is 0 Å². The average Bonchev–Trinajstić information content (AvgIpc) is 3.85. The van der Waals surface area contributed by atoms with Crippen molar-refractivity contribution in [2.45, 2.75) is 131 Å². The maximum absolute atomic E-state index is 13.0. The SMILES string of the molecule is C=C(C)[C@@H]1CC[C@]2(N3CC3)CC[C@]3(C)[C@H](CC[C@@H]4[C@@]5(C)CC=C(C6=CC[C@H](C(=O)OCc7ccccc7)CC6)C(C)(C)[C@@H]5CC[C@]43C)[C@@H]12. The third-order valence-corrected chi connectivity index (χ3v) is 17.0. The van der Waals surface area contributed by atoms with Gasteiger partial charge in [-0.2, -0.15) is 0 Å². The van der Waals surface area contributed by atoms with Gasteiger partial charge in [0.15, 0.2) is 0 Å². The van der Waals surface area contributed by atoms with Crippen LogP contribution in [0.2, 0.25) is 0 Å². The number of allylic oxidation sites excluding steroid dienone is 5. The van der Waals surface area contributed by atoms with Crippen LogP contribution >= 0.6 is 0 Å². The van der Waals surface area contributed by atoms with Crippen molar-refractivity contribution in [2.24, 2.45) is 57.2 Å². The summed E-state index contributed by atoms with van der Waals surface area (Å²) in [5.74, 6) is 3.80. The first-order valence-corrected chi connectivity index (χ1v) is 19.9. The third-order valence-electron chi connectivity index (χ3n) is 17.0. The summed E-state index contributed by atoms with van der Waals surface area (Å²) in [6, 6.07) is 10.1. The van der Waals surface area contributed by atoms with Crippen molar-refractivity contribution in [3.63, 3.8) is 0 Å². The molecule has 0 spiro atoms. The van der Waals surface area contributed by atoms with Crippen molar-refractivity contribution in [1.29, 1.82) is 0 Å². The van der Waals surface area contributed by atoms with Gasteiger partial charge in [0.05, 0.1) is 5.92 Å². The molecule has 48 heavy (non-hydrogen) atoms. The molecule has 4 saturated carbocycles. The van der Waals surface area contributed by atoms with E-state index in [9.17, 15) is 4.79 Å². The lowest BCUT2D eigenvalue weighted by atomic mass is 9.33. The number of hydrogen-bond donors (Lipinski definition) is 0. The smallest absolute Gasteiger partial charge is 0.309 e. The molecule has 0 bridgehead atoms. The minimum Gasteiger partial charge on any atom is -0.461 e. The molecule has 6 aliphatic carbocycles. The van der Waals surface area contributed by atoms with Crippen molar-refractivity contribution in [1.82, 2.24) is 4.90 Å². The minimum atomic E-state index is -0.0317. The van der Waals surface area contributed by atoms with Crippen LogP contribution in [0.4, 0.5) is 0 Å². The highest BCUT2D eigenvalue weighted by molar-refractivity contribution is 5.73. The molecule has 8 rings (SSSR count). The summed E-state index contributed by atoms with van der Waals surface area (Å²) in [4.78, 5) is 15.9. The second-order valence-corrected chi connectivity index (χ2v) is 19.1. The predicted octanol–water partition coefficient (Wildman–Crippen LogP) is 10.7. The molecule has 1 aromatic rings. The van der Waals surface area contributed by atoms with Gasteiger partial charge < -0.3 is 4.74 Å². The van der Waals surface area contributed by atoms with E-state index in [-0.39, 0.29) is 17.3 Å². The number of fused-ring (bicyclic) bond motifs is 7. The van der Waals surface area contributed by atoms with Gasteiger partial charge in [0.2, 0.25) is 0 Å². The number of hydrogen-bond acceptors (Lipinski definition) is 3. The van der Waals surface area contributed by atoms with Crippen LogP contribution in [0.1, 0.15) is 124 Å². The van der Waals surface area contributed by atoms with Crippen LogP contribution in [0.3, 0.4) is 0 Å². The second-order valence-electron chi connectivity index (χ2n) is 19.1. The monoisotopic (exact) mass is 649 g/mol. The Balaban J connectivity index is 1.02. The van der Waals surface area contributed by atoms with Crippen molar-refractivity contribution in [3.8, 4) is 0 Å². The number of rotatable bonds is 6. The molecule has 0 unspecified atom stereocenters. The van der Waals surface area contributed by atoms with Gasteiger partial charge >= 0.3 is 5.97 Å². The Bertz CT molecular complexity index is 1520. The number of nitrogens with zero attached hydrogens (tertiary/aromatic N) is 1. The number of carbonyl (C=O) groups is 1. The largest absolute Gasteiger partial charge is 0.461 e. The van der Waals surface area contributed by atoms with E-state index >= 15 is 0 Å². The quantitative estimate of drug-likeness (QED) is 0.174. The molecule has 3 heteroatoms. The number of carbonyl (C=O) groups excluding carboxylic acids is 1. The molecule has 0 aromatic heterocycles. The Labute approximate surface area is 292 Å². The summed E-state index contributed by atoms with van der Waals surface area (Å²) in [6.45, 7) is 23.4. The van der Waals surface area contributed by atoms with E-state index in [0.29, 0.717) is 34.3 Å². The fourth-order valence-corrected chi connectivity index (χ4v) is 14.4. The van der Waals surface area contributed by atoms with E-state index in [0.717, 1.165) is 48.5 Å². The molecule has 10 atom stereocenters. The normalized spacial score (nSPS) is 44.6. The highest BCUT2D eigenvalue weighted by Crippen LogP contribution is 2.77. The molecule has 1 heterocycles. The average molecular weight is 650 g/mol. The number of ether oxygens (including phenoxy) is 1. The molecular formula is C45H63NO2. The lowest BCUT2D eigenvalue weighted by Gasteiger charge is -2.72. The first kappa shape index (κ1) is 33.0. The topological polar surface area (TPSA) is 29.3 Å². The van der Waals surface area contributed by atoms with Gasteiger partial charge in [-0.25, -0.2) is 0 Å². The zero-order valence-corrected chi connectivity index (χ0v) is 31.1. The lowest BCUT2D eigenvalue weighted by molar-refractivity contribution is -0.224. The summed E-state index contributed by atoms with van der Waals surface area (Å²) in [7, 11) is 0. The summed E-state index contributed by atoms with van der Waals surface area (Å²) < 4.78 is 5.75. The Morgan fingerprint density at radius 1 is 0.875 bits per heavy atom. The summed E-state index contributed by atoms with van der Waals surface area (Å²) >= 11 is 0. The molecule has 0 N–H and O–H groups in total. The Hall–Kier alpha value is -2.13. The standard InChI is InChI=1S/C45H63NO2/c1-30(2)34-19-24-45(46-27-28-46)26-25-43(6)36(39(34)45)17-18-38-42(5)22-20-35(41(3,4)37(42)21-23-44(38,43)7)32-13-15-33(16-14-32)40(47)48-29-31-11-9-8-10-12-31/h8-13,20,33-34,36-39H,1,14-19,21-29H2,2-7H3/t33-,34-,36+,37-,38+,39+,42-,43+,44+,45-/m0/s1. The van der Waals surface area contributed by atoms with Gasteiger partial charge in [0, 0.05) is 18.6 Å². The van der Waals surface area contributed by atoms with Gasteiger partial charge in [0.1, 0.15) is 6.61 Å². The molecule has 260 valence electrons. The molecule has 3 nitrogen and oxygen atoms in total. The van der Waals surface area contributed by atoms with E-state index in [1.54, 1.807) is 5.57 Å². The fourth-order valence-electron chi connectivity index (χ4n) is 14.4. The minimum absolute atomic E-state index is 0.0170. The van der Waals surface area contributed by atoms with Gasteiger partial charge in [-0.3, -0.25) is 9.69 Å². The van der Waals surface area contributed by atoms with Crippen molar-refractivity contribution >= 4 is 5.97 Å². The van der Waals surface area contributed by atoms with E-state index in [1.165, 1.54) is 82.0 Å². The molecule has 1 saturated heterocycles. The molecule has 1 aromatic carbocycles. The van der Waals surface area contributed by atoms with Gasteiger partial charge in [-0.05, 0) is 152 Å². The Morgan fingerprint density at radius 2 is 1.65 bits per heavy atom. The van der Waals surface area contributed by atoms with Crippen molar-refractivity contribution < 1.29 is 9.53 Å². The molecule has 1 aliphatic heterocycles. The van der Waals surface area contributed by atoms with Crippen LogP contribution in [-0.2, 0) is 16.1 Å². The predicted molar refractivity (Wildman–Crippen MR) is 196 cm³/mol. The first-order valence-electron chi connectivity index (χ1n) is 19.9. The number of benzene rings is 1. The molecule has 7 aliphatic rings. The van der Waals surface area contributed by atoms with Crippen molar-refractivity contribution in [2.75, 3.05) is 13.1 Å². The molecular weight excluding hydrogens is 587 g/mol. The zero-order chi connectivity index (χ0) is 33.7. The van der Waals surface area contributed by atoms with Crippen LogP contribution in [0.15, 0.2) is 65.8 Å². The van der Waals surface area contributed by atoms with Crippen molar-refractivity contribution in [3.05, 3.63) is 71.3 Å². The van der Waals surface area contributed by atoms with E-state index < -0.39 is 0 Å². The van der Waals surface area contributed by atoms with Gasteiger partial charge in [-0.1, -0.05) is 89.3 Å². The van der Waals surface area contributed by atoms with Crippen LogP contribution in [0.5, 0.6) is 0 Å². The first-order chi connectivity index (χ1) is 22.8. The van der Waals surface area contributed by atoms with Crippen LogP contribution < -0.4 is 0 Å². The molecule has 0 radical (unpaired) electrons. The Kier molecular flexibility index (Phi) is 7.88. The second kappa shape index (κ2) is 11.4. The fraction of sp³-hybridized carbons (Fsp3) is 0.711. The third kappa shape index (κ3) is 4.71. The Morgan fingerprint density at radius 3 is 2.33 bits per heavy atom. The van der Waals surface area contributed by atoms with E-state index in [2.05, 4.69) is 65.2 Å². The summed E-state index contributed by atoms with van der Waals surface area (Å²) in [5, 5.41) is 0. The summed E-state index contributed by atoms with van der Waals surface area (Å²) in [6.07, 6.45) is 20.2. The van der Waals surface area contributed by atoms with E-state index in [4.69, 9.17) is 4.74 Å². The highest BCUT2D eigenvalue weighted by atomic mass is 16.5. The van der Waals surface area contributed by atoms with Crippen LogP contribution in [0, 0.1) is 57.2 Å². The van der Waals surface area contributed by atoms with Gasteiger partial charge in [0.25, 0.3) is 0 Å². The lowest BCUT2D eigenvalue weighted by Crippen LogP contribution is -2.67. The number of esters is 1. The van der Waals surface area contributed by atoms with Crippen LogP contribution in [0.25, 0.3) is 0 Å². The maximum atomic E-state index is 13.0. The maximum Gasteiger partial charge on any atom is 0.309 e. The van der Waals surface area contributed by atoms with Crippen LogP contribution in [-0.4, -0.2) is 29.5 Å². The molecule has 5 fully saturated rings.